The number of likely N-dealkylation sites (tertiary alicyclic amines) is 1. The first-order valence-electron chi connectivity index (χ1n) is 9.03. The van der Waals surface area contributed by atoms with Crippen molar-refractivity contribution >= 4 is 17.8 Å². The van der Waals surface area contributed by atoms with Gasteiger partial charge in [0.25, 0.3) is 0 Å². The Hall–Kier alpha value is -2.89. The molecule has 1 saturated heterocycles. The van der Waals surface area contributed by atoms with Crippen LogP contribution >= 0.6 is 0 Å². The number of fused-ring (bicyclic) bond motifs is 1. The fourth-order valence-corrected chi connectivity index (χ4v) is 3.59. The second-order valence-corrected chi connectivity index (χ2v) is 6.93. The topological polar surface area (TPSA) is 41.6 Å². The molecule has 2 aliphatic heterocycles. The molecule has 4 rings (SSSR count). The van der Waals surface area contributed by atoms with Crippen molar-refractivity contribution in [2.24, 2.45) is 0 Å². The lowest BCUT2D eigenvalue weighted by Crippen LogP contribution is -2.39. The lowest BCUT2D eigenvalue weighted by Gasteiger charge is -2.34. The molecule has 0 aromatic heterocycles. The van der Waals surface area contributed by atoms with Gasteiger partial charge in [-0.3, -0.25) is 0 Å². The fourth-order valence-electron chi connectivity index (χ4n) is 3.59. The fraction of sp³-hybridized carbons (Fsp3) is 0.286. The van der Waals surface area contributed by atoms with Crippen molar-refractivity contribution < 1.29 is 18.3 Å². The molecule has 6 heteroatoms. The molecule has 2 aliphatic rings. The van der Waals surface area contributed by atoms with E-state index < -0.39 is 23.3 Å². The highest BCUT2D eigenvalue weighted by atomic mass is 19.1. The van der Waals surface area contributed by atoms with Gasteiger partial charge in [-0.1, -0.05) is 24.3 Å². The van der Waals surface area contributed by atoms with E-state index in [1.54, 1.807) is 4.90 Å². The number of para-hydroxylation sites is 1. The Morgan fingerprint density at radius 2 is 1.96 bits per heavy atom. The summed E-state index contributed by atoms with van der Waals surface area (Å²) in [6, 6.07) is 10.6. The zero-order valence-electron chi connectivity index (χ0n) is 14.8. The minimum atomic E-state index is -0.787. The van der Waals surface area contributed by atoms with Crippen LogP contribution in [0.2, 0.25) is 0 Å². The lowest BCUT2D eigenvalue weighted by atomic mass is 9.91. The number of anilines is 1. The van der Waals surface area contributed by atoms with Crippen molar-refractivity contribution in [3.8, 4) is 5.75 Å². The number of benzene rings is 2. The van der Waals surface area contributed by atoms with Gasteiger partial charge in [-0.15, -0.1) is 0 Å². The average Bonchev–Trinajstić information content (AvgIpc) is 2.86. The molecule has 0 aliphatic carbocycles. The van der Waals surface area contributed by atoms with Crippen LogP contribution in [0.3, 0.4) is 0 Å². The van der Waals surface area contributed by atoms with Gasteiger partial charge in [-0.25, -0.2) is 13.6 Å². The summed E-state index contributed by atoms with van der Waals surface area (Å²) in [7, 11) is 0. The van der Waals surface area contributed by atoms with Crippen LogP contribution in [0.5, 0.6) is 5.75 Å². The third-order valence-electron chi connectivity index (χ3n) is 5.09. The number of nitrogens with zero attached hydrogens (tertiary/aromatic N) is 1. The number of ether oxygens (including phenoxy) is 1. The van der Waals surface area contributed by atoms with Crippen molar-refractivity contribution in [1.82, 2.24) is 4.90 Å². The Bertz CT molecular complexity index is 900. The Labute approximate surface area is 156 Å². The van der Waals surface area contributed by atoms with Crippen molar-refractivity contribution in [1.29, 1.82) is 0 Å². The SMILES string of the molecule is O=C(Nc1ccc(F)cc1F)N1CCC[C@@]2(C=Cc3ccccc3O2)CC1. The van der Waals surface area contributed by atoms with Crippen LogP contribution in [0.25, 0.3) is 6.08 Å². The molecular formula is C21H20F2N2O2. The molecule has 2 amide bonds. The zero-order chi connectivity index (χ0) is 18.9. The van der Waals surface area contributed by atoms with Crippen LogP contribution < -0.4 is 10.1 Å². The van der Waals surface area contributed by atoms with Crippen LogP contribution in [-0.4, -0.2) is 29.6 Å². The monoisotopic (exact) mass is 370 g/mol. The first-order chi connectivity index (χ1) is 13.0. The summed E-state index contributed by atoms with van der Waals surface area (Å²) >= 11 is 0. The molecule has 0 radical (unpaired) electrons. The first-order valence-corrected chi connectivity index (χ1v) is 9.03. The molecule has 1 spiro atoms. The smallest absolute Gasteiger partial charge is 0.321 e. The highest BCUT2D eigenvalue weighted by molar-refractivity contribution is 5.89. The predicted octanol–water partition coefficient (Wildman–Crippen LogP) is 4.83. The lowest BCUT2D eigenvalue weighted by molar-refractivity contribution is 0.101. The molecule has 0 saturated carbocycles. The number of hydrogen-bond donors (Lipinski definition) is 1. The van der Waals surface area contributed by atoms with Crippen LogP contribution in [0.15, 0.2) is 48.5 Å². The molecule has 4 nitrogen and oxygen atoms in total. The number of nitrogens with one attached hydrogen (secondary N) is 1. The minimum Gasteiger partial charge on any atom is -0.483 e. The summed E-state index contributed by atoms with van der Waals surface area (Å²) in [5, 5.41) is 2.53. The van der Waals surface area contributed by atoms with Gasteiger partial charge >= 0.3 is 6.03 Å². The Morgan fingerprint density at radius 3 is 2.81 bits per heavy atom. The number of halogens is 2. The summed E-state index contributed by atoms with van der Waals surface area (Å²) in [4.78, 5) is 14.2. The molecule has 0 bridgehead atoms. The number of rotatable bonds is 1. The van der Waals surface area contributed by atoms with Crippen molar-refractivity contribution in [2.75, 3.05) is 18.4 Å². The third-order valence-corrected chi connectivity index (χ3v) is 5.09. The van der Waals surface area contributed by atoms with Gasteiger partial charge in [0.2, 0.25) is 0 Å². The molecule has 0 unspecified atom stereocenters. The second kappa shape index (κ2) is 7.02. The van der Waals surface area contributed by atoms with E-state index in [9.17, 15) is 13.6 Å². The number of carbonyl (C=O) groups excluding carboxylic acids is 1. The van der Waals surface area contributed by atoms with Crippen LogP contribution in [0.1, 0.15) is 24.8 Å². The normalized spacial score (nSPS) is 21.3. The summed E-state index contributed by atoms with van der Waals surface area (Å²) in [5.41, 5.74) is 0.599. The van der Waals surface area contributed by atoms with E-state index in [-0.39, 0.29) is 5.69 Å². The molecule has 2 aromatic rings. The Balaban J connectivity index is 1.44. The van der Waals surface area contributed by atoms with Crippen LogP contribution in [0.4, 0.5) is 19.3 Å². The van der Waals surface area contributed by atoms with Crippen molar-refractivity contribution in [2.45, 2.75) is 24.9 Å². The van der Waals surface area contributed by atoms with E-state index in [0.29, 0.717) is 19.5 Å². The average molecular weight is 370 g/mol. The van der Waals surface area contributed by atoms with Gasteiger partial charge in [0.1, 0.15) is 23.0 Å². The molecule has 27 heavy (non-hydrogen) atoms. The van der Waals surface area contributed by atoms with E-state index in [1.165, 1.54) is 6.07 Å². The van der Waals surface area contributed by atoms with Gasteiger partial charge in [-0.05, 0) is 37.1 Å². The van der Waals surface area contributed by atoms with E-state index >= 15 is 0 Å². The van der Waals surface area contributed by atoms with E-state index in [2.05, 4.69) is 17.5 Å². The van der Waals surface area contributed by atoms with Gasteiger partial charge in [0.15, 0.2) is 0 Å². The highest BCUT2D eigenvalue weighted by Crippen LogP contribution is 2.37. The van der Waals surface area contributed by atoms with Crippen molar-refractivity contribution in [3.05, 3.63) is 65.7 Å². The second-order valence-electron chi connectivity index (χ2n) is 6.93. The van der Waals surface area contributed by atoms with Gasteiger partial charge in [0.05, 0.1) is 5.69 Å². The number of hydrogen-bond acceptors (Lipinski definition) is 2. The van der Waals surface area contributed by atoms with Crippen molar-refractivity contribution in [3.63, 3.8) is 0 Å². The number of amides is 2. The standard InChI is InChI=1S/C21H20F2N2O2/c22-16-6-7-18(17(23)14-16)24-20(26)25-12-3-9-21(11-13-25)10-8-15-4-1-2-5-19(15)27-21/h1-2,4-8,10,14H,3,9,11-13H2,(H,24,26)/t21-/m1/s1. The predicted molar refractivity (Wildman–Crippen MR) is 99.6 cm³/mol. The molecular weight excluding hydrogens is 350 g/mol. The maximum atomic E-state index is 13.8. The van der Waals surface area contributed by atoms with E-state index in [1.807, 2.05) is 24.3 Å². The summed E-state index contributed by atoms with van der Waals surface area (Å²) in [6.07, 6.45) is 6.37. The quantitative estimate of drug-likeness (QED) is 0.781. The Kier molecular flexibility index (Phi) is 4.56. The zero-order valence-corrected chi connectivity index (χ0v) is 14.8. The van der Waals surface area contributed by atoms with E-state index in [0.717, 1.165) is 36.3 Å². The molecule has 1 N–H and O–H groups in total. The summed E-state index contributed by atoms with van der Waals surface area (Å²) in [6.45, 7) is 1.04. The highest BCUT2D eigenvalue weighted by Gasteiger charge is 2.35. The molecule has 2 heterocycles. The van der Waals surface area contributed by atoms with E-state index in [4.69, 9.17) is 4.74 Å². The van der Waals surface area contributed by atoms with Gasteiger partial charge in [0, 0.05) is 31.1 Å². The third kappa shape index (κ3) is 3.65. The molecule has 1 fully saturated rings. The van der Waals surface area contributed by atoms with Crippen LogP contribution in [0, 0.1) is 11.6 Å². The molecule has 2 aromatic carbocycles. The summed E-state index contributed by atoms with van der Waals surface area (Å²) < 4.78 is 33.1. The maximum absolute atomic E-state index is 13.8. The molecule has 1 atom stereocenters. The first kappa shape index (κ1) is 17.5. The molecule has 140 valence electrons. The van der Waals surface area contributed by atoms with Gasteiger partial charge < -0.3 is 15.0 Å². The summed E-state index contributed by atoms with van der Waals surface area (Å²) in [5.74, 6) is -0.611. The van der Waals surface area contributed by atoms with Gasteiger partial charge in [-0.2, -0.15) is 0 Å². The van der Waals surface area contributed by atoms with Crippen LogP contribution in [-0.2, 0) is 0 Å². The largest absolute Gasteiger partial charge is 0.483 e. The number of carbonyl (C=O) groups is 1. The Morgan fingerprint density at radius 1 is 1.11 bits per heavy atom. The minimum absolute atomic E-state index is 0.0249. The maximum Gasteiger partial charge on any atom is 0.321 e. The number of urea groups is 1.